The first-order valence-corrected chi connectivity index (χ1v) is 9.87. The van der Waals surface area contributed by atoms with Crippen LogP contribution in [0.15, 0.2) is 54.7 Å². The Hall–Kier alpha value is -2.93. The highest BCUT2D eigenvalue weighted by Crippen LogP contribution is 2.32. The minimum atomic E-state index is -4.37. The second-order valence-electron chi connectivity index (χ2n) is 7.19. The van der Waals surface area contributed by atoms with Crippen LogP contribution in [0.3, 0.4) is 0 Å². The van der Waals surface area contributed by atoms with E-state index in [1.807, 2.05) is 19.9 Å². The van der Waals surface area contributed by atoms with Gasteiger partial charge in [0.25, 0.3) is 5.91 Å². The molecule has 0 radical (unpaired) electrons. The molecule has 1 atom stereocenters. The van der Waals surface area contributed by atoms with E-state index in [0.717, 1.165) is 37.0 Å². The largest absolute Gasteiger partial charge is 0.416 e. The molecule has 2 aromatic carbocycles. The Balaban J connectivity index is 1.83. The van der Waals surface area contributed by atoms with Gasteiger partial charge in [-0.05, 0) is 50.2 Å². The number of halogens is 3. The summed E-state index contributed by atoms with van der Waals surface area (Å²) >= 11 is 0. The second-order valence-corrected chi connectivity index (χ2v) is 7.19. The summed E-state index contributed by atoms with van der Waals surface area (Å²) < 4.78 is 38.5. The van der Waals surface area contributed by atoms with Crippen LogP contribution in [0.2, 0.25) is 0 Å². The zero-order chi connectivity index (χ0) is 21.7. The summed E-state index contributed by atoms with van der Waals surface area (Å²) in [5.74, 6) is -0.201. The average Bonchev–Trinajstić information content (AvgIpc) is 2.72. The Labute approximate surface area is 173 Å². The summed E-state index contributed by atoms with van der Waals surface area (Å²) in [4.78, 5) is 17.0. The van der Waals surface area contributed by atoms with Crippen LogP contribution in [-0.4, -0.2) is 30.0 Å². The lowest BCUT2D eigenvalue weighted by Crippen LogP contribution is -2.35. The molecule has 3 aromatic rings. The van der Waals surface area contributed by atoms with E-state index >= 15 is 0 Å². The van der Waals surface area contributed by atoms with Gasteiger partial charge in [0, 0.05) is 23.2 Å². The highest BCUT2D eigenvalue weighted by molar-refractivity contribution is 6.00. The number of hydrogen-bond acceptors (Lipinski definition) is 3. The van der Waals surface area contributed by atoms with E-state index in [9.17, 15) is 18.0 Å². The molecule has 1 aromatic heterocycles. The van der Waals surface area contributed by atoms with Crippen molar-refractivity contribution in [2.75, 3.05) is 13.1 Å². The van der Waals surface area contributed by atoms with Crippen LogP contribution >= 0.6 is 0 Å². The summed E-state index contributed by atoms with van der Waals surface area (Å²) in [6, 6.07) is 12.2. The topological polar surface area (TPSA) is 54.0 Å². The molecule has 0 saturated heterocycles. The van der Waals surface area contributed by atoms with E-state index in [1.165, 1.54) is 18.3 Å². The standard InChI is InChI=1S/C23H24F3N3O/c1-3-27-12-11-15(2)29-22(30)18-13-17-5-4-6-20(21(17)28-14-18)16-7-9-19(10-8-16)23(24,25)26/h4-10,13-15,27H,3,11-12H2,1-2H3,(H,29,30). The van der Waals surface area contributed by atoms with Crippen LogP contribution in [0.1, 0.15) is 36.2 Å². The van der Waals surface area contributed by atoms with Crippen LogP contribution in [0, 0.1) is 0 Å². The van der Waals surface area contributed by atoms with Crippen LogP contribution < -0.4 is 10.6 Å². The lowest BCUT2D eigenvalue weighted by Gasteiger charge is -2.14. The Morgan fingerprint density at radius 2 is 1.87 bits per heavy atom. The Kier molecular flexibility index (Phi) is 6.72. The number of hydrogen-bond donors (Lipinski definition) is 2. The number of alkyl halides is 3. The van der Waals surface area contributed by atoms with Gasteiger partial charge in [-0.15, -0.1) is 0 Å². The molecule has 0 aliphatic heterocycles. The molecule has 0 fully saturated rings. The monoisotopic (exact) mass is 415 g/mol. The van der Waals surface area contributed by atoms with Gasteiger partial charge in [0.2, 0.25) is 0 Å². The van der Waals surface area contributed by atoms with Crippen molar-refractivity contribution in [3.8, 4) is 11.1 Å². The molecule has 7 heteroatoms. The number of nitrogens with zero attached hydrogens (tertiary/aromatic N) is 1. The van der Waals surface area contributed by atoms with E-state index in [1.54, 1.807) is 18.2 Å². The average molecular weight is 415 g/mol. The third kappa shape index (κ3) is 5.16. The molecule has 1 heterocycles. The molecule has 0 aliphatic carbocycles. The van der Waals surface area contributed by atoms with E-state index in [2.05, 4.69) is 15.6 Å². The van der Waals surface area contributed by atoms with Crippen molar-refractivity contribution in [1.29, 1.82) is 0 Å². The van der Waals surface area contributed by atoms with Gasteiger partial charge in [-0.3, -0.25) is 9.78 Å². The molecule has 1 amide bonds. The van der Waals surface area contributed by atoms with Crippen LogP contribution in [0.5, 0.6) is 0 Å². The van der Waals surface area contributed by atoms with Crippen molar-refractivity contribution < 1.29 is 18.0 Å². The third-order valence-electron chi connectivity index (χ3n) is 4.88. The van der Waals surface area contributed by atoms with Gasteiger partial charge in [-0.1, -0.05) is 37.3 Å². The lowest BCUT2D eigenvalue weighted by atomic mass is 10.00. The zero-order valence-electron chi connectivity index (χ0n) is 16.9. The summed E-state index contributed by atoms with van der Waals surface area (Å²) in [6.45, 7) is 5.69. The van der Waals surface area contributed by atoms with E-state index in [4.69, 9.17) is 0 Å². The number of rotatable bonds is 7. The Morgan fingerprint density at radius 3 is 2.53 bits per heavy atom. The van der Waals surface area contributed by atoms with Crippen molar-refractivity contribution in [3.05, 3.63) is 65.9 Å². The number of pyridine rings is 1. The second kappa shape index (κ2) is 9.26. The number of carbonyl (C=O) groups excluding carboxylic acids is 1. The minimum absolute atomic E-state index is 0.0192. The van der Waals surface area contributed by atoms with E-state index in [-0.39, 0.29) is 11.9 Å². The van der Waals surface area contributed by atoms with Gasteiger partial charge in [0.05, 0.1) is 16.6 Å². The summed E-state index contributed by atoms with van der Waals surface area (Å²) in [5.41, 5.74) is 1.74. The first kappa shape index (κ1) is 21.8. The van der Waals surface area contributed by atoms with Gasteiger partial charge < -0.3 is 10.6 Å². The van der Waals surface area contributed by atoms with E-state index < -0.39 is 11.7 Å². The van der Waals surface area contributed by atoms with Crippen molar-refractivity contribution in [1.82, 2.24) is 15.6 Å². The molecule has 30 heavy (non-hydrogen) atoms. The Morgan fingerprint density at radius 1 is 1.13 bits per heavy atom. The van der Waals surface area contributed by atoms with Crippen molar-refractivity contribution in [2.24, 2.45) is 0 Å². The summed E-state index contributed by atoms with van der Waals surface area (Å²) in [7, 11) is 0. The normalized spacial score (nSPS) is 12.7. The van der Waals surface area contributed by atoms with Gasteiger partial charge >= 0.3 is 6.18 Å². The van der Waals surface area contributed by atoms with Gasteiger partial charge in [-0.2, -0.15) is 13.2 Å². The van der Waals surface area contributed by atoms with Gasteiger partial charge in [-0.25, -0.2) is 0 Å². The number of fused-ring (bicyclic) bond motifs is 1. The van der Waals surface area contributed by atoms with Crippen molar-refractivity contribution >= 4 is 16.8 Å². The molecule has 2 N–H and O–H groups in total. The molecule has 158 valence electrons. The fourth-order valence-corrected chi connectivity index (χ4v) is 3.23. The third-order valence-corrected chi connectivity index (χ3v) is 4.88. The predicted molar refractivity (Wildman–Crippen MR) is 112 cm³/mol. The summed E-state index contributed by atoms with van der Waals surface area (Å²) in [6.07, 6.45) is -2.05. The minimum Gasteiger partial charge on any atom is -0.349 e. The molecule has 4 nitrogen and oxygen atoms in total. The molecular weight excluding hydrogens is 391 g/mol. The highest BCUT2D eigenvalue weighted by Gasteiger charge is 2.30. The summed E-state index contributed by atoms with van der Waals surface area (Å²) in [5, 5.41) is 6.94. The molecule has 1 unspecified atom stereocenters. The maximum absolute atomic E-state index is 12.8. The van der Waals surface area contributed by atoms with E-state index in [0.29, 0.717) is 22.2 Å². The number of aromatic nitrogens is 1. The van der Waals surface area contributed by atoms with Crippen LogP contribution in [-0.2, 0) is 6.18 Å². The molecule has 3 rings (SSSR count). The quantitative estimate of drug-likeness (QED) is 0.532. The number of amides is 1. The highest BCUT2D eigenvalue weighted by atomic mass is 19.4. The number of para-hydroxylation sites is 1. The number of carbonyl (C=O) groups is 1. The van der Waals surface area contributed by atoms with Gasteiger partial charge in [0.1, 0.15) is 0 Å². The first-order chi connectivity index (χ1) is 14.3. The van der Waals surface area contributed by atoms with Crippen LogP contribution in [0.25, 0.3) is 22.0 Å². The van der Waals surface area contributed by atoms with Crippen molar-refractivity contribution in [2.45, 2.75) is 32.5 Å². The Bertz CT molecular complexity index is 1020. The molecule has 0 bridgehead atoms. The van der Waals surface area contributed by atoms with Crippen molar-refractivity contribution in [3.63, 3.8) is 0 Å². The first-order valence-electron chi connectivity index (χ1n) is 9.87. The lowest BCUT2D eigenvalue weighted by molar-refractivity contribution is -0.137. The number of nitrogens with one attached hydrogen (secondary N) is 2. The molecular formula is C23H24F3N3O. The maximum atomic E-state index is 12.8. The molecule has 0 spiro atoms. The zero-order valence-corrected chi connectivity index (χ0v) is 16.9. The molecule has 0 aliphatic rings. The fourth-order valence-electron chi connectivity index (χ4n) is 3.23. The maximum Gasteiger partial charge on any atom is 0.416 e. The smallest absolute Gasteiger partial charge is 0.349 e. The fraction of sp³-hybridized carbons (Fsp3) is 0.304. The SMILES string of the molecule is CCNCCC(C)NC(=O)c1cnc2c(-c3ccc(C(F)(F)F)cc3)cccc2c1. The predicted octanol–water partition coefficient (Wildman–Crippen LogP) is 5.04. The number of benzene rings is 2. The van der Waals surface area contributed by atoms with Gasteiger partial charge in [0.15, 0.2) is 0 Å². The van der Waals surface area contributed by atoms with Crippen LogP contribution in [0.4, 0.5) is 13.2 Å². The molecule has 0 saturated carbocycles.